The Morgan fingerprint density at radius 1 is 1.07 bits per heavy atom. The van der Waals surface area contributed by atoms with Gasteiger partial charge in [0, 0.05) is 13.1 Å². The normalized spacial score (nSPS) is 22.8. The molecule has 10 heteroatoms. The molecular formula is C5H11NO7P2-2. The van der Waals surface area contributed by atoms with Crippen molar-refractivity contribution in [2.24, 2.45) is 0 Å². The molecule has 0 saturated carbocycles. The molecule has 1 heterocycles. The fourth-order valence-electron chi connectivity index (χ4n) is 1.41. The van der Waals surface area contributed by atoms with Gasteiger partial charge in [-0.3, -0.25) is 0 Å². The monoisotopic (exact) mass is 259 g/mol. The van der Waals surface area contributed by atoms with Gasteiger partial charge in [-0.25, -0.2) is 14.7 Å². The first-order valence-corrected chi connectivity index (χ1v) is 7.41. The lowest BCUT2D eigenvalue weighted by molar-refractivity contribution is -0.432. The Labute approximate surface area is 87.5 Å². The second-order valence-corrected chi connectivity index (χ2v) is 6.77. The van der Waals surface area contributed by atoms with Crippen molar-refractivity contribution in [2.45, 2.75) is 5.52 Å². The van der Waals surface area contributed by atoms with Crippen LogP contribution in [0.4, 0.5) is 0 Å². The average molecular weight is 259 g/mol. The number of hydrogen-bond acceptors (Lipinski definition) is 8. The highest BCUT2D eigenvalue weighted by atomic mass is 31.3. The second-order valence-electron chi connectivity index (χ2n) is 3.12. The van der Waals surface area contributed by atoms with Gasteiger partial charge in [-0.05, 0) is 0 Å². The van der Waals surface area contributed by atoms with E-state index in [9.17, 15) is 19.6 Å². The average Bonchev–Trinajstić information content (AvgIpc) is 2.00. The van der Waals surface area contributed by atoms with Crippen LogP contribution in [0.15, 0.2) is 0 Å². The van der Waals surface area contributed by atoms with Crippen molar-refractivity contribution in [1.29, 1.82) is 0 Å². The molecule has 90 valence electrons. The Kier molecular flexibility index (Phi) is 4.36. The highest BCUT2D eigenvalue weighted by Crippen LogP contribution is 2.61. The molecule has 0 radical (unpaired) electrons. The van der Waals surface area contributed by atoms with E-state index in [4.69, 9.17) is 14.5 Å². The number of rotatable bonds is 3. The zero-order chi connectivity index (χ0) is 11.7. The third-order valence-electron chi connectivity index (χ3n) is 1.96. The van der Waals surface area contributed by atoms with Crippen molar-refractivity contribution in [3.05, 3.63) is 0 Å². The van der Waals surface area contributed by atoms with Crippen molar-refractivity contribution in [1.82, 2.24) is 4.90 Å². The molecule has 1 rings (SSSR count). The minimum atomic E-state index is -5.36. The van der Waals surface area contributed by atoms with Crippen LogP contribution in [-0.4, -0.2) is 46.5 Å². The zero-order valence-corrected chi connectivity index (χ0v) is 9.47. The summed E-state index contributed by atoms with van der Waals surface area (Å²) in [5.41, 5.74) is -2.27. The van der Waals surface area contributed by atoms with Gasteiger partial charge < -0.3 is 24.3 Å². The molecule has 1 saturated heterocycles. The third kappa shape index (κ3) is 3.80. The van der Waals surface area contributed by atoms with Gasteiger partial charge in [-0.1, -0.05) is 7.94 Å². The van der Waals surface area contributed by atoms with Crippen LogP contribution >= 0.6 is 15.9 Å². The van der Waals surface area contributed by atoms with E-state index in [-0.39, 0.29) is 26.3 Å². The van der Waals surface area contributed by atoms with Gasteiger partial charge in [0.1, 0.15) is 0 Å². The predicted molar refractivity (Wildman–Crippen MR) is 44.5 cm³/mol. The Morgan fingerprint density at radius 3 is 1.87 bits per heavy atom. The van der Waals surface area contributed by atoms with Crippen LogP contribution in [0.3, 0.4) is 0 Å². The molecule has 1 aliphatic heterocycles. The van der Waals surface area contributed by atoms with Gasteiger partial charge >= 0.3 is 0 Å². The molecule has 0 amide bonds. The van der Waals surface area contributed by atoms with Gasteiger partial charge in [0.2, 0.25) is 0 Å². The van der Waals surface area contributed by atoms with Crippen LogP contribution in [0.2, 0.25) is 0 Å². The molecule has 0 spiro atoms. The van der Waals surface area contributed by atoms with Crippen molar-refractivity contribution in [2.75, 3.05) is 26.3 Å². The molecule has 1 unspecified atom stereocenters. The molecule has 1 aliphatic rings. The molecule has 0 aliphatic carbocycles. The van der Waals surface area contributed by atoms with Gasteiger partial charge in [-0.2, -0.15) is 0 Å². The Hall–Kier alpha value is 0.540. The Morgan fingerprint density at radius 2 is 1.53 bits per heavy atom. The summed E-state index contributed by atoms with van der Waals surface area (Å²) in [6.45, 7) is 0.335. The maximum atomic E-state index is 10.9. The van der Waals surface area contributed by atoms with E-state index in [1.165, 1.54) is 0 Å². The fraction of sp³-hybridized carbons (Fsp3) is 1.00. The van der Waals surface area contributed by atoms with Crippen LogP contribution in [0.1, 0.15) is 0 Å². The number of nitrogens with zero attached hydrogens (tertiary/aromatic N) is 1. The smallest absolute Gasteiger partial charge is 0.285 e. The van der Waals surface area contributed by atoms with Crippen LogP contribution < -0.4 is 19.6 Å². The Balaban J connectivity index is 2.80. The van der Waals surface area contributed by atoms with Crippen LogP contribution in [0, 0.1) is 0 Å². The molecule has 1 atom stereocenters. The maximum Gasteiger partial charge on any atom is 0.285 e. The summed E-state index contributed by atoms with van der Waals surface area (Å²) >= 11 is 0. The summed E-state index contributed by atoms with van der Waals surface area (Å²) in [6, 6.07) is 0. The van der Waals surface area contributed by atoms with Gasteiger partial charge in [0.05, 0.1) is 13.2 Å². The Bertz CT molecular complexity index is 194. The minimum absolute atomic E-state index is 0.0181. The van der Waals surface area contributed by atoms with Gasteiger partial charge in [-0.15, -0.1) is 0 Å². The van der Waals surface area contributed by atoms with Crippen molar-refractivity contribution >= 4 is 15.9 Å². The summed E-state index contributed by atoms with van der Waals surface area (Å²) in [5, 5.41) is 0. The van der Waals surface area contributed by atoms with Crippen LogP contribution in [-0.2, 0) is 4.74 Å². The standard InChI is InChI=1S/C5H13NO7P2/c7-14(8,9)5(15(10,11)12)6-1-3-13-4-2-6/h5H,1-4H2,(H2,7,8,9)(H2,10,11,12)/p-2. The molecular weight excluding hydrogens is 248 g/mol. The lowest BCUT2D eigenvalue weighted by atomic mass is 10.5. The molecule has 0 aromatic rings. The summed E-state index contributed by atoms with van der Waals surface area (Å²) in [4.78, 5) is 61.8. The summed E-state index contributed by atoms with van der Waals surface area (Å²) in [7, 11) is -10.3. The topological polar surface area (TPSA) is 145 Å². The first-order valence-electron chi connectivity index (χ1n) is 4.11. The van der Waals surface area contributed by atoms with E-state index >= 15 is 0 Å². The fourth-order valence-corrected chi connectivity index (χ4v) is 4.17. The minimum Gasteiger partial charge on any atom is -0.684 e. The number of morpholine rings is 1. The number of ether oxygens (including phenoxy) is 1. The maximum absolute atomic E-state index is 10.9. The molecule has 0 aromatic heterocycles. The summed E-state index contributed by atoms with van der Waals surface area (Å²) < 4.78 is 4.89. The number of hydrogen-bond donors (Lipinski definition) is 2. The van der Waals surface area contributed by atoms with Gasteiger partial charge in [0.25, 0.3) is 13.5 Å². The summed E-state index contributed by atoms with van der Waals surface area (Å²) in [5.74, 6) is 0. The van der Waals surface area contributed by atoms with Gasteiger partial charge in [0.15, 0.2) is 0 Å². The SMILES string of the molecule is [O-][P+]([O-])([O-])C(N1CCOCC1)[P+]([O-])(O)O. The largest absolute Gasteiger partial charge is 0.684 e. The molecule has 1 fully saturated rings. The lowest BCUT2D eigenvalue weighted by Gasteiger charge is -2.52. The predicted octanol–water partition coefficient (Wildman–Crippen LogP) is -4.45. The van der Waals surface area contributed by atoms with Crippen molar-refractivity contribution in [3.63, 3.8) is 0 Å². The highest BCUT2D eigenvalue weighted by Gasteiger charge is 2.45. The van der Waals surface area contributed by atoms with E-state index < -0.39 is 21.4 Å². The van der Waals surface area contributed by atoms with Crippen molar-refractivity contribution < 1.29 is 34.1 Å². The molecule has 0 bridgehead atoms. The van der Waals surface area contributed by atoms with Crippen LogP contribution in [0.5, 0.6) is 0 Å². The van der Waals surface area contributed by atoms with E-state index in [0.29, 0.717) is 0 Å². The lowest BCUT2D eigenvalue weighted by Crippen LogP contribution is -2.55. The third-order valence-corrected chi connectivity index (χ3v) is 5.53. The first-order chi connectivity index (χ1) is 6.73. The second kappa shape index (κ2) is 4.81. The highest BCUT2D eigenvalue weighted by molar-refractivity contribution is 7.74. The van der Waals surface area contributed by atoms with E-state index in [2.05, 4.69) is 0 Å². The summed E-state index contributed by atoms with van der Waals surface area (Å²) in [6.07, 6.45) is 0. The first kappa shape index (κ1) is 13.6. The molecule has 15 heavy (non-hydrogen) atoms. The van der Waals surface area contributed by atoms with E-state index in [1.54, 1.807) is 0 Å². The van der Waals surface area contributed by atoms with Crippen molar-refractivity contribution in [3.8, 4) is 0 Å². The van der Waals surface area contributed by atoms with E-state index in [1.807, 2.05) is 0 Å². The molecule has 8 nitrogen and oxygen atoms in total. The van der Waals surface area contributed by atoms with E-state index in [0.717, 1.165) is 4.90 Å². The zero-order valence-electron chi connectivity index (χ0n) is 7.68. The quantitative estimate of drug-likeness (QED) is 0.482. The molecule has 0 aromatic carbocycles. The van der Waals surface area contributed by atoms with Crippen LogP contribution in [0.25, 0.3) is 0 Å². The molecule has 2 N–H and O–H groups in total.